The van der Waals surface area contributed by atoms with Crippen LogP contribution < -0.4 is 24.8 Å². The molecule has 5 aromatic rings. The van der Waals surface area contributed by atoms with E-state index in [2.05, 4.69) is 140 Å². The summed E-state index contributed by atoms with van der Waals surface area (Å²) in [5.74, 6) is 0. The molecule has 6 rings (SSSR count). The van der Waals surface area contributed by atoms with Crippen molar-refractivity contribution in [2.75, 3.05) is 0 Å². The molecule has 46 heavy (non-hydrogen) atoms. The SMILES string of the molecule is CC(C)(C)c1c[c-]c2c(c1)-c1cc(C(C)(C)C)ccc1C2.Cc1ccccc1C[C](=[Zr+2])Cc1ccccc1C.[Cl-].[Cl-].c1cc[cH-]c1. The topological polar surface area (TPSA) is 0 Å². The third kappa shape index (κ3) is 11.1. The molecule has 0 heterocycles. The van der Waals surface area contributed by atoms with Crippen molar-refractivity contribution in [1.29, 1.82) is 0 Å². The van der Waals surface area contributed by atoms with Crippen molar-refractivity contribution >= 4 is 3.21 Å². The van der Waals surface area contributed by atoms with Gasteiger partial charge < -0.3 is 24.8 Å². The normalized spacial score (nSPS) is 11.3. The maximum atomic E-state index is 3.53. The van der Waals surface area contributed by atoms with Gasteiger partial charge in [-0.05, 0) is 17.4 Å². The van der Waals surface area contributed by atoms with E-state index in [4.69, 9.17) is 0 Å². The number of benzene rings is 4. The number of hydrogen-bond donors (Lipinski definition) is 0. The van der Waals surface area contributed by atoms with Crippen molar-refractivity contribution in [3.63, 3.8) is 0 Å². The Morgan fingerprint density at radius 2 is 1.17 bits per heavy atom. The fourth-order valence-corrected chi connectivity index (χ4v) is 6.38. The molecule has 0 unspecified atom stereocenters. The number of halogens is 2. The third-order valence-corrected chi connectivity index (χ3v) is 9.28. The molecule has 0 N–H and O–H groups in total. The van der Waals surface area contributed by atoms with Crippen LogP contribution in [0.5, 0.6) is 0 Å². The molecule has 0 nitrogen and oxygen atoms in total. The Labute approximate surface area is 306 Å². The maximum Gasteiger partial charge on any atom is -0.172 e. The van der Waals surface area contributed by atoms with Gasteiger partial charge in [-0.15, -0.1) is 5.56 Å². The summed E-state index contributed by atoms with van der Waals surface area (Å²) in [4.78, 5) is 0. The van der Waals surface area contributed by atoms with Crippen LogP contribution >= 0.6 is 0 Å². The van der Waals surface area contributed by atoms with Crippen LogP contribution in [0.2, 0.25) is 0 Å². The zero-order valence-electron chi connectivity index (χ0n) is 28.8. The number of rotatable bonds is 4. The molecule has 0 spiro atoms. The molecule has 0 saturated heterocycles. The van der Waals surface area contributed by atoms with E-state index in [0.29, 0.717) is 0 Å². The van der Waals surface area contributed by atoms with Gasteiger partial charge in [0, 0.05) is 0 Å². The Hall–Kier alpha value is -2.44. The fraction of sp³-hybridized carbons (Fsp3) is 0.302. The molecule has 0 atom stereocenters. The molecule has 0 fully saturated rings. The molecular formula is C43H48Cl2Zr-2. The van der Waals surface area contributed by atoms with Crippen molar-refractivity contribution in [2.45, 2.75) is 85.5 Å². The van der Waals surface area contributed by atoms with Crippen molar-refractivity contribution < 1.29 is 49.0 Å². The summed E-state index contributed by atoms with van der Waals surface area (Å²) in [6.07, 6.45) is 3.28. The van der Waals surface area contributed by atoms with Crippen molar-refractivity contribution in [3.05, 3.63) is 160 Å². The van der Waals surface area contributed by atoms with E-state index in [0.717, 1.165) is 19.3 Å². The van der Waals surface area contributed by atoms with Crippen LogP contribution in [0.15, 0.2) is 109 Å². The second kappa shape index (κ2) is 17.6. The van der Waals surface area contributed by atoms with E-state index >= 15 is 0 Å². The van der Waals surface area contributed by atoms with Crippen LogP contribution in [0.4, 0.5) is 0 Å². The van der Waals surface area contributed by atoms with Crippen molar-refractivity contribution in [1.82, 2.24) is 0 Å². The van der Waals surface area contributed by atoms with E-state index in [-0.39, 0.29) is 35.6 Å². The van der Waals surface area contributed by atoms with Crippen LogP contribution in [0.3, 0.4) is 0 Å². The molecule has 5 aromatic carbocycles. The van der Waals surface area contributed by atoms with Gasteiger partial charge in [0.2, 0.25) is 0 Å². The summed E-state index contributed by atoms with van der Waals surface area (Å²) in [6, 6.07) is 42.5. The summed E-state index contributed by atoms with van der Waals surface area (Å²) in [5.41, 5.74) is 14.5. The van der Waals surface area contributed by atoms with Crippen LogP contribution in [-0.2, 0) is 54.3 Å². The molecule has 0 amide bonds. The molecule has 3 heteroatoms. The third-order valence-electron chi connectivity index (χ3n) is 8.41. The molecule has 240 valence electrons. The predicted octanol–water partition coefficient (Wildman–Crippen LogP) is 4.87. The van der Waals surface area contributed by atoms with Gasteiger partial charge in [0.15, 0.2) is 0 Å². The first-order valence-corrected chi connectivity index (χ1v) is 17.1. The summed E-state index contributed by atoms with van der Waals surface area (Å²) < 4.78 is 1.62. The summed E-state index contributed by atoms with van der Waals surface area (Å²) in [6.45, 7) is 18.0. The van der Waals surface area contributed by atoms with Crippen LogP contribution in [0, 0.1) is 19.9 Å². The minimum atomic E-state index is 0. The van der Waals surface area contributed by atoms with Gasteiger partial charge in [-0.2, -0.15) is 47.5 Å². The Balaban J connectivity index is 0.000000270. The summed E-state index contributed by atoms with van der Waals surface area (Å²) in [5, 5.41) is 0. The minimum absolute atomic E-state index is 0. The molecule has 0 radical (unpaired) electrons. The monoisotopic (exact) mass is 724 g/mol. The van der Waals surface area contributed by atoms with Gasteiger partial charge in [0.1, 0.15) is 0 Å². The van der Waals surface area contributed by atoms with Gasteiger partial charge in [0.25, 0.3) is 0 Å². The van der Waals surface area contributed by atoms with Crippen LogP contribution in [0.1, 0.15) is 86.1 Å². The fourth-order valence-electron chi connectivity index (χ4n) is 5.44. The smallest absolute Gasteiger partial charge is 0.172 e. The molecule has 0 aromatic heterocycles. The van der Waals surface area contributed by atoms with Crippen molar-refractivity contribution in [2.24, 2.45) is 0 Å². The van der Waals surface area contributed by atoms with E-state index in [9.17, 15) is 0 Å². The number of fused-ring (bicyclic) bond motifs is 3. The Morgan fingerprint density at radius 1 is 0.674 bits per heavy atom. The van der Waals surface area contributed by atoms with E-state index in [1.807, 2.05) is 30.3 Å². The average molecular weight is 727 g/mol. The molecule has 1 aliphatic rings. The van der Waals surface area contributed by atoms with Crippen molar-refractivity contribution in [3.8, 4) is 11.1 Å². The Bertz CT molecular complexity index is 1550. The Kier molecular flexibility index (Phi) is 15.2. The number of aryl methyl sites for hydroxylation is 2. The first-order valence-electron chi connectivity index (χ1n) is 15.8. The zero-order chi connectivity index (χ0) is 31.9. The van der Waals surface area contributed by atoms with Crippen LogP contribution in [-0.4, -0.2) is 3.21 Å². The Morgan fingerprint density at radius 3 is 1.63 bits per heavy atom. The largest absolute Gasteiger partial charge is 1.00 e. The molecular weight excluding hydrogens is 679 g/mol. The predicted molar refractivity (Wildman–Crippen MR) is 188 cm³/mol. The van der Waals surface area contributed by atoms with Gasteiger partial charge in [-0.1, -0.05) is 76.3 Å². The molecule has 0 saturated carbocycles. The average Bonchev–Trinajstić information content (AvgIpc) is 3.66. The number of hydrogen-bond acceptors (Lipinski definition) is 0. The second-order valence-electron chi connectivity index (χ2n) is 14.1. The van der Waals surface area contributed by atoms with E-state index < -0.39 is 0 Å². The van der Waals surface area contributed by atoms with Crippen LogP contribution in [0.25, 0.3) is 11.1 Å². The molecule has 0 aliphatic heterocycles. The van der Waals surface area contributed by atoms with E-state index in [1.54, 1.807) is 27.4 Å². The quantitative estimate of drug-likeness (QED) is 0.228. The minimum Gasteiger partial charge on any atom is -1.00 e. The summed E-state index contributed by atoms with van der Waals surface area (Å²) >= 11 is 1.56. The standard InChI is InChI=1S/C21H25.C17H18.C5H5.2ClH.Zr/c1-20(2,3)16-9-7-14-11-15-8-10-17(21(4,5)6)13-19(15)18(14)12-16;1-14-8-3-5-10-16(14)12-7-13-17-11-6-4-9-15(17)2;1-2-4-5-3-1;;;/h7,9-10,12-13H,11H2,1-6H3;3-6,8-11H,12-13H2,1-2H3;1-5H;2*1H;/q-1;;-1;;;+2/p-2. The molecule has 0 bridgehead atoms. The molecule has 1 aliphatic carbocycles. The summed E-state index contributed by atoms with van der Waals surface area (Å²) in [7, 11) is 0. The van der Waals surface area contributed by atoms with Gasteiger partial charge >= 0.3 is 125 Å². The first-order chi connectivity index (χ1) is 20.8. The van der Waals surface area contributed by atoms with E-state index in [1.165, 1.54) is 55.6 Å². The second-order valence-corrected chi connectivity index (χ2v) is 15.8. The zero-order valence-corrected chi connectivity index (χ0v) is 32.7. The van der Waals surface area contributed by atoms with Gasteiger partial charge in [-0.25, -0.2) is 12.1 Å². The maximum absolute atomic E-state index is 3.53. The van der Waals surface area contributed by atoms with Gasteiger partial charge in [0.05, 0.1) is 0 Å². The van der Waals surface area contributed by atoms with Gasteiger partial charge in [-0.3, -0.25) is 0 Å². The first kappa shape index (κ1) is 39.7.